The molecule has 0 fully saturated rings. The smallest absolute Gasteiger partial charge is 0.228 e. The molecule has 0 aliphatic carbocycles. The molecule has 0 aliphatic heterocycles. The molecule has 0 heterocycles. The topological polar surface area (TPSA) is 73.6 Å². The molecular formula is C23H24N2O3. The van der Waals surface area contributed by atoms with Crippen molar-refractivity contribution in [2.75, 3.05) is 25.6 Å². The van der Waals surface area contributed by atoms with Crippen LogP contribution in [0.15, 0.2) is 72.8 Å². The molecule has 0 bridgehead atoms. The third-order valence-electron chi connectivity index (χ3n) is 4.25. The number of amides is 1. The summed E-state index contributed by atoms with van der Waals surface area (Å²) in [6.45, 7) is 0.834. The molecule has 0 radical (unpaired) electrons. The number of carbonyl (C=O) groups is 1. The molecule has 3 aromatic carbocycles. The molecule has 28 heavy (non-hydrogen) atoms. The van der Waals surface area contributed by atoms with E-state index in [9.17, 15) is 4.79 Å². The second-order valence-corrected chi connectivity index (χ2v) is 6.26. The van der Waals surface area contributed by atoms with E-state index in [1.54, 1.807) is 13.2 Å². The van der Waals surface area contributed by atoms with Crippen LogP contribution < -0.4 is 20.5 Å². The lowest BCUT2D eigenvalue weighted by molar-refractivity contribution is -0.115. The Morgan fingerprint density at radius 2 is 1.71 bits per heavy atom. The highest BCUT2D eigenvalue weighted by molar-refractivity contribution is 5.96. The molecule has 0 spiro atoms. The SMILES string of the molecule is COc1cc(CC(=O)Nc2ccccc2-c2ccccc2)ccc1OCCN. The van der Waals surface area contributed by atoms with Crippen LogP contribution in [0.1, 0.15) is 5.56 Å². The van der Waals surface area contributed by atoms with Gasteiger partial charge < -0.3 is 20.5 Å². The lowest BCUT2D eigenvalue weighted by Gasteiger charge is -2.13. The Labute approximate surface area is 165 Å². The van der Waals surface area contributed by atoms with E-state index >= 15 is 0 Å². The van der Waals surface area contributed by atoms with Crippen molar-refractivity contribution in [1.82, 2.24) is 0 Å². The average molecular weight is 376 g/mol. The Morgan fingerprint density at radius 3 is 2.46 bits per heavy atom. The van der Waals surface area contributed by atoms with E-state index in [2.05, 4.69) is 5.32 Å². The fourth-order valence-corrected chi connectivity index (χ4v) is 2.95. The van der Waals surface area contributed by atoms with E-state index in [4.69, 9.17) is 15.2 Å². The molecule has 5 nitrogen and oxygen atoms in total. The van der Waals surface area contributed by atoms with Crippen LogP contribution in [0.25, 0.3) is 11.1 Å². The van der Waals surface area contributed by atoms with Gasteiger partial charge in [0.15, 0.2) is 11.5 Å². The zero-order valence-electron chi connectivity index (χ0n) is 15.9. The first-order valence-corrected chi connectivity index (χ1v) is 9.15. The zero-order chi connectivity index (χ0) is 19.8. The van der Waals surface area contributed by atoms with Gasteiger partial charge in [0.2, 0.25) is 5.91 Å². The fourth-order valence-electron chi connectivity index (χ4n) is 2.95. The van der Waals surface area contributed by atoms with Crippen molar-refractivity contribution < 1.29 is 14.3 Å². The number of methoxy groups -OCH3 is 1. The molecule has 144 valence electrons. The lowest BCUT2D eigenvalue weighted by atomic mass is 10.0. The Kier molecular flexibility index (Phi) is 6.65. The second kappa shape index (κ2) is 9.58. The molecule has 5 heteroatoms. The van der Waals surface area contributed by atoms with Crippen LogP contribution in [0.2, 0.25) is 0 Å². The number of anilines is 1. The Morgan fingerprint density at radius 1 is 0.964 bits per heavy atom. The number of ether oxygens (including phenoxy) is 2. The minimum Gasteiger partial charge on any atom is -0.493 e. The molecule has 3 rings (SSSR count). The summed E-state index contributed by atoms with van der Waals surface area (Å²) in [7, 11) is 1.57. The molecule has 1 amide bonds. The van der Waals surface area contributed by atoms with E-state index in [0.29, 0.717) is 24.7 Å². The van der Waals surface area contributed by atoms with Crippen molar-refractivity contribution >= 4 is 11.6 Å². The number of hydrogen-bond donors (Lipinski definition) is 2. The predicted octanol–water partition coefficient (Wildman–Crippen LogP) is 3.88. The molecule has 0 unspecified atom stereocenters. The average Bonchev–Trinajstić information content (AvgIpc) is 2.73. The third-order valence-corrected chi connectivity index (χ3v) is 4.25. The maximum Gasteiger partial charge on any atom is 0.228 e. The Bertz CT molecular complexity index is 926. The van der Waals surface area contributed by atoms with Crippen LogP contribution in [-0.2, 0) is 11.2 Å². The summed E-state index contributed by atoms with van der Waals surface area (Å²) in [6, 6.07) is 23.2. The molecule has 0 saturated heterocycles. The standard InChI is InChI=1S/C23H24N2O3/c1-27-22-15-17(11-12-21(22)28-14-13-24)16-23(26)25-20-10-6-5-9-19(20)18-7-3-2-4-8-18/h2-12,15H,13-14,16,24H2,1H3,(H,25,26). The van der Waals surface area contributed by atoms with E-state index in [0.717, 1.165) is 22.4 Å². The molecule has 0 saturated carbocycles. The maximum atomic E-state index is 12.6. The van der Waals surface area contributed by atoms with Crippen LogP contribution >= 0.6 is 0 Å². The normalized spacial score (nSPS) is 10.4. The number of benzene rings is 3. The fraction of sp³-hybridized carbons (Fsp3) is 0.174. The first-order valence-electron chi connectivity index (χ1n) is 9.15. The summed E-state index contributed by atoms with van der Waals surface area (Å²) < 4.78 is 10.9. The van der Waals surface area contributed by atoms with Gasteiger partial charge in [0.25, 0.3) is 0 Å². The molecule has 0 aromatic heterocycles. The van der Waals surface area contributed by atoms with Crippen LogP contribution in [-0.4, -0.2) is 26.2 Å². The second-order valence-electron chi connectivity index (χ2n) is 6.26. The lowest BCUT2D eigenvalue weighted by Crippen LogP contribution is -2.15. The van der Waals surface area contributed by atoms with Gasteiger partial charge >= 0.3 is 0 Å². The van der Waals surface area contributed by atoms with Crippen molar-refractivity contribution in [3.05, 3.63) is 78.4 Å². The van der Waals surface area contributed by atoms with Gasteiger partial charge in [-0.15, -0.1) is 0 Å². The molecule has 3 aromatic rings. The van der Waals surface area contributed by atoms with Crippen LogP contribution in [0.5, 0.6) is 11.5 Å². The zero-order valence-corrected chi connectivity index (χ0v) is 15.9. The monoisotopic (exact) mass is 376 g/mol. The number of carbonyl (C=O) groups excluding carboxylic acids is 1. The van der Waals surface area contributed by atoms with Gasteiger partial charge in [0.05, 0.1) is 13.5 Å². The van der Waals surface area contributed by atoms with E-state index in [1.807, 2.05) is 66.7 Å². The van der Waals surface area contributed by atoms with Crippen molar-refractivity contribution in [1.29, 1.82) is 0 Å². The van der Waals surface area contributed by atoms with Gasteiger partial charge in [-0.1, -0.05) is 54.6 Å². The van der Waals surface area contributed by atoms with Gasteiger partial charge in [-0.3, -0.25) is 4.79 Å². The molecule has 0 aliphatic rings. The van der Waals surface area contributed by atoms with Gasteiger partial charge in [0, 0.05) is 17.8 Å². The van der Waals surface area contributed by atoms with Gasteiger partial charge in [-0.2, -0.15) is 0 Å². The largest absolute Gasteiger partial charge is 0.493 e. The highest BCUT2D eigenvalue weighted by atomic mass is 16.5. The van der Waals surface area contributed by atoms with Gasteiger partial charge in [0.1, 0.15) is 6.61 Å². The first-order chi connectivity index (χ1) is 13.7. The summed E-state index contributed by atoms with van der Waals surface area (Å²) in [5.41, 5.74) is 9.14. The van der Waals surface area contributed by atoms with Gasteiger partial charge in [-0.05, 0) is 29.3 Å². The summed E-state index contributed by atoms with van der Waals surface area (Å²) in [5, 5.41) is 3.02. The summed E-state index contributed by atoms with van der Waals surface area (Å²) >= 11 is 0. The van der Waals surface area contributed by atoms with E-state index < -0.39 is 0 Å². The molecular weight excluding hydrogens is 352 g/mol. The minimum absolute atomic E-state index is 0.0962. The van der Waals surface area contributed by atoms with Crippen LogP contribution in [0.3, 0.4) is 0 Å². The highest BCUT2D eigenvalue weighted by Crippen LogP contribution is 2.29. The van der Waals surface area contributed by atoms with Crippen molar-refractivity contribution in [2.24, 2.45) is 5.73 Å². The van der Waals surface area contributed by atoms with E-state index in [1.165, 1.54) is 0 Å². The quantitative estimate of drug-likeness (QED) is 0.626. The Hall–Kier alpha value is -3.31. The summed E-state index contributed by atoms with van der Waals surface area (Å²) in [4.78, 5) is 12.6. The van der Waals surface area contributed by atoms with Crippen molar-refractivity contribution in [3.63, 3.8) is 0 Å². The van der Waals surface area contributed by atoms with Crippen molar-refractivity contribution in [2.45, 2.75) is 6.42 Å². The number of nitrogens with one attached hydrogen (secondary N) is 1. The van der Waals surface area contributed by atoms with Gasteiger partial charge in [-0.25, -0.2) is 0 Å². The number of rotatable bonds is 8. The third kappa shape index (κ3) is 4.90. The Balaban J connectivity index is 1.73. The first kappa shape index (κ1) is 19.5. The maximum absolute atomic E-state index is 12.6. The highest BCUT2D eigenvalue weighted by Gasteiger charge is 2.11. The van der Waals surface area contributed by atoms with E-state index in [-0.39, 0.29) is 12.3 Å². The van der Waals surface area contributed by atoms with Crippen molar-refractivity contribution in [3.8, 4) is 22.6 Å². The summed E-state index contributed by atoms with van der Waals surface area (Å²) in [5.74, 6) is 1.11. The van der Waals surface area contributed by atoms with Crippen LogP contribution in [0, 0.1) is 0 Å². The summed E-state index contributed by atoms with van der Waals surface area (Å²) in [6.07, 6.45) is 0.233. The number of hydrogen-bond acceptors (Lipinski definition) is 4. The predicted molar refractivity (Wildman–Crippen MR) is 112 cm³/mol. The number of nitrogens with two attached hydrogens (primary N) is 1. The minimum atomic E-state index is -0.0962. The molecule has 0 atom stereocenters. The number of para-hydroxylation sites is 1. The van der Waals surface area contributed by atoms with Crippen LogP contribution in [0.4, 0.5) is 5.69 Å². The molecule has 3 N–H and O–H groups in total.